The molecule has 0 saturated carbocycles. The summed E-state index contributed by atoms with van der Waals surface area (Å²) in [7, 11) is 0. The van der Waals surface area contributed by atoms with E-state index in [1.54, 1.807) is 18.2 Å². The van der Waals surface area contributed by atoms with E-state index in [1.807, 2.05) is 0 Å². The number of halogens is 3. The molecule has 0 spiro atoms. The molecule has 0 atom stereocenters. The van der Waals surface area contributed by atoms with Crippen molar-refractivity contribution in [2.45, 2.75) is 0 Å². The number of ether oxygens (including phenoxy) is 1. The van der Waals surface area contributed by atoms with Gasteiger partial charge in [-0.3, -0.25) is 9.59 Å². The minimum Gasteiger partial charge on any atom is -0.482 e. The van der Waals surface area contributed by atoms with Crippen molar-refractivity contribution in [2.24, 2.45) is 0 Å². The summed E-state index contributed by atoms with van der Waals surface area (Å²) in [5.74, 6) is -0.0644. The average Bonchev–Trinajstić information content (AvgIpc) is 2.49. The van der Waals surface area contributed by atoms with Crippen molar-refractivity contribution in [1.82, 2.24) is 0 Å². The first-order valence-corrected chi connectivity index (χ1v) is 7.25. The van der Waals surface area contributed by atoms with Gasteiger partial charge in [-0.25, -0.2) is 0 Å². The van der Waals surface area contributed by atoms with E-state index in [4.69, 9.17) is 39.5 Å². The van der Waals surface area contributed by atoms with Crippen LogP contribution in [-0.2, 0) is 4.79 Å². The van der Waals surface area contributed by atoms with Crippen molar-refractivity contribution < 1.29 is 14.3 Å². The molecule has 114 valence electrons. The second-order valence-corrected chi connectivity index (χ2v) is 5.50. The molecule has 0 radical (unpaired) electrons. The van der Waals surface area contributed by atoms with Gasteiger partial charge in [-0.2, -0.15) is 0 Å². The van der Waals surface area contributed by atoms with Gasteiger partial charge in [-0.15, -0.1) is 0 Å². The lowest BCUT2D eigenvalue weighted by atomic mass is 10.2. The summed E-state index contributed by atoms with van der Waals surface area (Å²) in [6.07, 6.45) is 0.673. The Morgan fingerprint density at radius 1 is 1.05 bits per heavy atom. The molecule has 2 rings (SSSR count). The lowest BCUT2D eigenvalue weighted by Crippen LogP contribution is -2.20. The van der Waals surface area contributed by atoms with Gasteiger partial charge < -0.3 is 10.1 Å². The first-order valence-electron chi connectivity index (χ1n) is 6.12. The van der Waals surface area contributed by atoms with Crippen LogP contribution in [0.5, 0.6) is 5.75 Å². The minimum atomic E-state index is -0.381. The van der Waals surface area contributed by atoms with Crippen molar-refractivity contribution >= 4 is 52.7 Å². The smallest absolute Gasteiger partial charge is 0.262 e. The number of aldehydes is 1. The number of nitrogens with one attached hydrogen (secondary N) is 1. The highest BCUT2D eigenvalue weighted by atomic mass is 35.5. The van der Waals surface area contributed by atoms with Gasteiger partial charge in [-0.1, -0.05) is 34.8 Å². The van der Waals surface area contributed by atoms with Crippen molar-refractivity contribution in [1.29, 1.82) is 0 Å². The van der Waals surface area contributed by atoms with E-state index in [1.165, 1.54) is 18.2 Å². The molecule has 0 aliphatic carbocycles. The Morgan fingerprint density at radius 2 is 1.82 bits per heavy atom. The molecule has 0 unspecified atom stereocenters. The first-order chi connectivity index (χ1) is 10.5. The predicted octanol–water partition coefficient (Wildman–Crippen LogP) is 4.48. The lowest BCUT2D eigenvalue weighted by Gasteiger charge is -2.09. The first kappa shape index (κ1) is 16.6. The number of rotatable bonds is 5. The molecule has 0 heterocycles. The van der Waals surface area contributed by atoms with Crippen LogP contribution in [0.25, 0.3) is 0 Å². The van der Waals surface area contributed by atoms with Crippen LogP contribution in [0.2, 0.25) is 15.1 Å². The average molecular weight is 359 g/mol. The van der Waals surface area contributed by atoms with Crippen molar-refractivity contribution in [3.8, 4) is 5.75 Å². The summed E-state index contributed by atoms with van der Waals surface area (Å²) in [5, 5.41) is 3.61. The third-order valence-corrected chi connectivity index (χ3v) is 3.69. The maximum absolute atomic E-state index is 11.8. The van der Waals surface area contributed by atoms with Gasteiger partial charge in [0.25, 0.3) is 5.91 Å². The van der Waals surface area contributed by atoms with E-state index in [2.05, 4.69) is 5.32 Å². The molecule has 0 saturated heterocycles. The summed E-state index contributed by atoms with van der Waals surface area (Å²) in [6.45, 7) is -0.236. The molecule has 0 fully saturated rings. The standard InChI is InChI=1S/C15H10Cl3NO3/c16-11-3-2-10(6-12(11)17)19-15(21)8-22-14-4-1-9(7-20)5-13(14)18/h1-7H,8H2,(H,19,21). The molecule has 2 aromatic carbocycles. The van der Waals surface area contributed by atoms with Gasteiger partial charge in [0.15, 0.2) is 6.61 Å². The maximum Gasteiger partial charge on any atom is 0.262 e. The number of hydrogen-bond acceptors (Lipinski definition) is 3. The molecule has 0 aliphatic rings. The van der Waals surface area contributed by atoms with Crippen LogP contribution in [0.15, 0.2) is 36.4 Å². The zero-order valence-corrected chi connectivity index (χ0v) is 13.4. The van der Waals surface area contributed by atoms with Crippen LogP contribution >= 0.6 is 34.8 Å². The van der Waals surface area contributed by atoms with Gasteiger partial charge >= 0.3 is 0 Å². The van der Waals surface area contributed by atoms with Crippen LogP contribution < -0.4 is 10.1 Å². The third kappa shape index (κ3) is 4.37. The Morgan fingerprint density at radius 3 is 2.45 bits per heavy atom. The summed E-state index contributed by atoms with van der Waals surface area (Å²) in [5.41, 5.74) is 0.933. The van der Waals surface area contributed by atoms with Gasteiger partial charge in [0, 0.05) is 11.3 Å². The molecular weight excluding hydrogens is 349 g/mol. The molecule has 1 N–H and O–H groups in total. The summed E-state index contributed by atoms with van der Waals surface area (Å²) < 4.78 is 5.31. The molecular formula is C15H10Cl3NO3. The van der Waals surface area contributed by atoms with Crippen LogP contribution in [0.3, 0.4) is 0 Å². The normalized spacial score (nSPS) is 10.1. The molecule has 4 nitrogen and oxygen atoms in total. The second-order valence-electron chi connectivity index (χ2n) is 4.27. The molecule has 22 heavy (non-hydrogen) atoms. The zero-order valence-electron chi connectivity index (χ0n) is 11.1. The fourth-order valence-electron chi connectivity index (χ4n) is 1.62. The highest BCUT2D eigenvalue weighted by molar-refractivity contribution is 6.42. The monoisotopic (exact) mass is 357 g/mol. The van der Waals surface area contributed by atoms with Crippen molar-refractivity contribution in [3.63, 3.8) is 0 Å². The number of benzene rings is 2. The van der Waals surface area contributed by atoms with E-state index >= 15 is 0 Å². The highest BCUT2D eigenvalue weighted by Crippen LogP contribution is 2.26. The number of anilines is 1. The van der Waals surface area contributed by atoms with E-state index < -0.39 is 0 Å². The second kappa shape index (κ2) is 7.49. The van der Waals surface area contributed by atoms with Crippen molar-refractivity contribution in [3.05, 3.63) is 57.0 Å². The largest absolute Gasteiger partial charge is 0.482 e. The van der Waals surface area contributed by atoms with Crippen LogP contribution in [0, 0.1) is 0 Å². The van der Waals surface area contributed by atoms with Crippen molar-refractivity contribution in [2.75, 3.05) is 11.9 Å². The Balaban J connectivity index is 1.95. The third-order valence-electron chi connectivity index (χ3n) is 2.65. The fourth-order valence-corrected chi connectivity index (χ4v) is 2.16. The maximum atomic E-state index is 11.8. The minimum absolute atomic E-state index is 0.236. The lowest BCUT2D eigenvalue weighted by molar-refractivity contribution is -0.118. The zero-order chi connectivity index (χ0) is 16.1. The number of hydrogen-bond donors (Lipinski definition) is 1. The van der Waals surface area contributed by atoms with Gasteiger partial charge in [0.1, 0.15) is 12.0 Å². The van der Waals surface area contributed by atoms with Crippen LogP contribution in [0.4, 0.5) is 5.69 Å². The Kier molecular flexibility index (Phi) is 5.66. The van der Waals surface area contributed by atoms with E-state index in [-0.39, 0.29) is 17.5 Å². The predicted molar refractivity (Wildman–Crippen MR) is 87.4 cm³/mol. The Hall–Kier alpha value is -1.75. The number of carbonyl (C=O) groups excluding carboxylic acids is 2. The van der Waals surface area contributed by atoms with E-state index in [0.29, 0.717) is 33.3 Å². The van der Waals surface area contributed by atoms with E-state index in [9.17, 15) is 9.59 Å². The molecule has 0 aliphatic heterocycles. The summed E-state index contributed by atoms with van der Waals surface area (Å²) in [6, 6.07) is 9.27. The Bertz CT molecular complexity index is 719. The quantitative estimate of drug-likeness (QED) is 0.802. The SMILES string of the molecule is O=Cc1ccc(OCC(=O)Nc2ccc(Cl)c(Cl)c2)c(Cl)c1. The number of amides is 1. The van der Waals surface area contributed by atoms with Gasteiger partial charge in [0.2, 0.25) is 0 Å². The summed E-state index contributed by atoms with van der Waals surface area (Å²) >= 11 is 17.6. The molecule has 1 amide bonds. The molecule has 7 heteroatoms. The van der Waals surface area contributed by atoms with Crippen LogP contribution in [-0.4, -0.2) is 18.8 Å². The van der Waals surface area contributed by atoms with E-state index in [0.717, 1.165) is 0 Å². The molecule has 0 aromatic heterocycles. The number of carbonyl (C=O) groups is 2. The fraction of sp³-hybridized carbons (Fsp3) is 0.0667. The topological polar surface area (TPSA) is 55.4 Å². The summed E-state index contributed by atoms with van der Waals surface area (Å²) in [4.78, 5) is 22.4. The van der Waals surface area contributed by atoms with Gasteiger partial charge in [-0.05, 0) is 36.4 Å². The van der Waals surface area contributed by atoms with Gasteiger partial charge in [0.05, 0.1) is 15.1 Å². The van der Waals surface area contributed by atoms with Crippen LogP contribution in [0.1, 0.15) is 10.4 Å². The highest BCUT2D eigenvalue weighted by Gasteiger charge is 2.08. The Labute approximate surface area is 141 Å². The molecule has 2 aromatic rings. The molecule has 0 bridgehead atoms.